The van der Waals surface area contributed by atoms with E-state index < -0.39 is 17.9 Å². The number of aliphatic carboxylic acids is 1. The van der Waals surface area contributed by atoms with Crippen molar-refractivity contribution in [3.8, 4) is 0 Å². The van der Waals surface area contributed by atoms with Crippen LogP contribution in [0.2, 0.25) is 0 Å². The molecule has 7 nitrogen and oxygen atoms in total. The number of hydrogen-bond acceptors (Lipinski definition) is 4. The Morgan fingerprint density at radius 2 is 1.91 bits per heavy atom. The fourth-order valence-corrected chi connectivity index (χ4v) is 2.41. The number of amides is 1. The van der Waals surface area contributed by atoms with Gasteiger partial charge in [0.15, 0.2) is 5.65 Å². The SMILES string of the molecule is Cc1nc2c(cnn2C(C)C)cc1C(=O)N[C@@H](C(=O)O)C(C)C. The van der Waals surface area contributed by atoms with E-state index in [2.05, 4.69) is 15.4 Å². The molecule has 2 N–H and O–H groups in total. The third kappa shape index (κ3) is 3.33. The van der Waals surface area contributed by atoms with Gasteiger partial charge < -0.3 is 10.4 Å². The summed E-state index contributed by atoms with van der Waals surface area (Å²) in [6, 6.07) is 0.936. The summed E-state index contributed by atoms with van der Waals surface area (Å²) in [4.78, 5) is 28.1. The molecular formula is C16H22N4O3. The number of fused-ring (bicyclic) bond motifs is 1. The summed E-state index contributed by atoms with van der Waals surface area (Å²) >= 11 is 0. The second kappa shape index (κ2) is 6.36. The van der Waals surface area contributed by atoms with Crippen molar-refractivity contribution in [3.05, 3.63) is 23.5 Å². The number of aromatic nitrogens is 3. The second-order valence-electron chi connectivity index (χ2n) is 6.25. The van der Waals surface area contributed by atoms with E-state index in [0.717, 1.165) is 5.39 Å². The van der Waals surface area contributed by atoms with E-state index in [1.807, 2.05) is 13.8 Å². The minimum Gasteiger partial charge on any atom is -0.480 e. The van der Waals surface area contributed by atoms with Crippen molar-refractivity contribution in [2.75, 3.05) is 0 Å². The molecule has 0 fully saturated rings. The number of rotatable bonds is 5. The average Bonchev–Trinajstić information content (AvgIpc) is 2.85. The van der Waals surface area contributed by atoms with Crippen molar-refractivity contribution < 1.29 is 14.7 Å². The predicted octanol–water partition coefficient (Wildman–Crippen LogP) is 2.16. The van der Waals surface area contributed by atoms with Crippen molar-refractivity contribution >= 4 is 22.9 Å². The minimum atomic E-state index is -1.05. The van der Waals surface area contributed by atoms with Crippen LogP contribution < -0.4 is 5.32 Å². The summed E-state index contributed by atoms with van der Waals surface area (Å²) in [5.74, 6) is -1.69. The zero-order valence-electron chi connectivity index (χ0n) is 14.0. The Hall–Kier alpha value is -2.44. The van der Waals surface area contributed by atoms with E-state index in [4.69, 9.17) is 0 Å². The van der Waals surface area contributed by atoms with Gasteiger partial charge in [-0.25, -0.2) is 14.5 Å². The molecule has 2 rings (SSSR count). The fraction of sp³-hybridized carbons (Fsp3) is 0.500. The average molecular weight is 318 g/mol. The number of pyridine rings is 1. The van der Waals surface area contributed by atoms with E-state index in [-0.39, 0.29) is 12.0 Å². The summed E-state index contributed by atoms with van der Waals surface area (Å²) in [5, 5.41) is 16.8. The highest BCUT2D eigenvalue weighted by molar-refractivity contribution is 5.99. The third-order valence-corrected chi connectivity index (χ3v) is 3.71. The molecule has 0 aliphatic heterocycles. The number of carbonyl (C=O) groups is 2. The molecule has 23 heavy (non-hydrogen) atoms. The number of carboxylic acids is 1. The topological polar surface area (TPSA) is 97.1 Å². The monoisotopic (exact) mass is 318 g/mol. The molecule has 2 heterocycles. The predicted molar refractivity (Wildman–Crippen MR) is 86.4 cm³/mol. The van der Waals surface area contributed by atoms with Crippen molar-refractivity contribution in [1.29, 1.82) is 0 Å². The molecule has 0 aliphatic rings. The number of nitrogens with zero attached hydrogens (tertiary/aromatic N) is 3. The molecule has 2 aromatic heterocycles. The van der Waals surface area contributed by atoms with Gasteiger partial charge in [0.05, 0.1) is 17.5 Å². The molecular weight excluding hydrogens is 296 g/mol. The lowest BCUT2D eigenvalue weighted by Crippen LogP contribution is -2.44. The lowest BCUT2D eigenvalue weighted by Gasteiger charge is -2.18. The number of nitrogens with one attached hydrogen (secondary N) is 1. The van der Waals surface area contributed by atoms with Gasteiger partial charge >= 0.3 is 5.97 Å². The van der Waals surface area contributed by atoms with E-state index in [1.165, 1.54) is 0 Å². The first kappa shape index (κ1) is 16.9. The third-order valence-electron chi connectivity index (χ3n) is 3.71. The molecule has 0 spiro atoms. The minimum absolute atomic E-state index is 0.163. The number of hydrogen-bond donors (Lipinski definition) is 2. The van der Waals surface area contributed by atoms with Crippen LogP contribution in [0.25, 0.3) is 11.0 Å². The normalized spacial score (nSPS) is 12.8. The zero-order valence-corrected chi connectivity index (χ0v) is 14.0. The highest BCUT2D eigenvalue weighted by Crippen LogP contribution is 2.19. The first-order valence-corrected chi connectivity index (χ1v) is 7.61. The Morgan fingerprint density at radius 3 is 2.43 bits per heavy atom. The van der Waals surface area contributed by atoms with Crippen LogP contribution in [0.3, 0.4) is 0 Å². The molecule has 1 amide bonds. The van der Waals surface area contributed by atoms with E-state index in [0.29, 0.717) is 16.9 Å². The number of aryl methyl sites for hydroxylation is 1. The quantitative estimate of drug-likeness (QED) is 0.880. The standard InChI is InChI=1S/C16H22N4O3/c1-8(2)13(16(22)23)19-15(21)12-6-11-7-17-20(9(3)4)14(11)18-10(12)5/h6-9,13H,1-5H3,(H,19,21)(H,22,23)/t13-/m1/s1. The largest absolute Gasteiger partial charge is 0.480 e. The van der Waals surface area contributed by atoms with Gasteiger partial charge in [-0.15, -0.1) is 0 Å². The highest BCUT2D eigenvalue weighted by Gasteiger charge is 2.25. The van der Waals surface area contributed by atoms with E-state index in [9.17, 15) is 14.7 Å². The first-order chi connectivity index (χ1) is 10.7. The van der Waals surface area contributed by atoms with Crippen molar-refractivity contribution in [3.63, 3.8) is 0 Å². The first-order valence-electron chi connectivity index (χ1n) is 7.61. The Kier molecular flexibility index (Phi) is 4.68. The summed E-state index contributed by atoms with van der Waals surface area (Å²) in [5.41, 5.74) is 1.63. The number of carboxylic acid groups (broad SMARTS) is 1. The van der Waals surface area contributed by atoms with Gasteiger partial charge in [-0.05, 0) is 32.8 Å². The van der Waals surface area contributed by atoms with Crippen LogP contribution in [0.1, 0.15) is 49.8 Å². The Morgan fingerprint density at radius 1 is 1.26 bits per heavy atom. The lowest BCUT2D eigenvalue weighted by atomic mass is 10.0. The maximum atomic E-state index is 12.4. The molecule has 124 valence electrons. The second-order valence-corrected chi connectivity index (χ2v) is 6.25. The zero-order chi connectivity index (χ0) is 17.3. The molecule has 0 bridgehead atoms. The van der Waals surface area contributed by atoms with Crippen LogP contribution >= 0.6 is 0 Å². The summed E-state index contributed by atoms with van der Waals surface area (Å²) in [6.45, 7) is 9.24. The van der Waals surface area contributed by atoms with Crippen LogP contribution in [-0.4, -0.2) is 37.8 Å². The summed E-state index contributed by atoms with van der Waals surface area (Å²) in [6.07, 6.45) is 1.66. The van der Waals surface area contributed by atoms with Crippen LogP contribution in [0.5, 0.6) is 0 Å². The smallest absolute Gasteiger partial charge is 0.326 e. The van der Waals surface area contributed by atoms with Gasteiger partial charge in [0, 0.05) is 11.4 Å². The Bertz CT molecular complexity index is 749. The van der Waals surface area contributed by atoms with Gasteiger partial charge in [0.1, 0.15) is 6.04 Å². The molecule has 7 heteroatoms. The van der Waals surface area contributed by atoms with Crippen LogP contribution in [-0.2, 0) is 4.79 Å². The van der Waals surface area contributed by atoms with E-state index in [1.54, 1.807) is 37.7 Å². The molecule has 2 aromatic rings. The maximum absolute atomic E-state index is 12.4. The summed E-state index contributed by atoms with van der Waals surface area (Å²) < 4.78 is 1.79. The van der Waals surface area contributed by atoms with Gasteiger partial charge in [-0.1, -0.05) is 13.8 Å². The van der Waals surface area contributed by atoms with Gasteiger partial charge in [-0.2, -0.15) is 5.10 Å². The van der Waals surface area contributed by atoms with Crippen molar-refractivity contribution in [2.24, 2.45) is 5.92 Å². The Labute approximate surface area is 134 Å². The van der Waals surface area contributed by atoms with Crippen LogP contribution in [0.15, 0.2) is 12.3 Å². The van der Waals surface area contributed by atoms with E-state index >= 15 is 0 Å². The summed E-state index contributed by atoms with van der Waals surface area (Å²) in [7, 11) is 0. The molecule has 0 unspecified atom stereocenters. The van der Waals surface area contributed by atoms with Crippen LogP contribution in [0, 0.1) is 12.8 Å². The lowest BCUT2D eigenvalue weighted by molar-refractivity contribution is -0.140. The maximum Gasteiger partial charge on any atom is 0.326 e. The van der Waals surface area contributed by atoms with Crippen LogP contribution in [0.4, 0.5) is 0 Å². The molecule has 0 aromatic carbocycles. The molecule has 0 saturated carbocycles. The number of carbonyl (C=O) groups excluding carboxylic acids is 1. The van der Waals surface area contributed by atoms with Crippen molar-refractivity contribution in [1.82, 2.24) is 20.1 Å². The van der Waals surface area contributed by atoms with Gasteiger partial charge in [-0.3, -0.25) is 4.79 Å². The Balaban J connectivity index is 2.38. The highest BCUT2D eigenvalue weighted by atomic mass is 16.4. The molecule has 0 radical (unpaired) electrons. The molecule has 0 saturated heterocycles. The van der Waals surface area contributed by atoms with Crippen molar-refractivity contribution in [2.45, 2.75) is 46.7 Å². The van der Waals surface area contributed by atoms with Gasteiger partial charge in [0.2, 0.25) is 0 Å². The molecule has 1 atom stereocenters. The van der Waals surface area contributed by atoms with Gasteiger partial charge in [0.25, 0.3) is 5.91 Å². The fourth-order valence-electron chi connectivity index (χ4n) is 2.41. The molecule has 0 aliphatic carbocycles.